The predicted octanol–water partition coefficient (Wildman–Crippen LogP) is 3.64. The zero-order chi connectivity index (χ0) is 14.4. The highest BCUT2D eigenvalue weighted by Crippen LogP contribution is 2.25. The van der Waals surface area contributed by atoms with Gasteiger partial charge < -0.3 is 10.5 Å². The van der Waals surface area contributed by atoms with E-state index in [1.54, 1.807) is 12.4 Å². The number of thioether (sulfide) groups is 1. The molecule has 1 aromatic carbocycles. The minimum absolute atomic E-state index is 0.177. The van der Waals surface area contributed by atoms with E-state index < -0.39 is 0 Å². The van der Waals surface area contributed by atoms with Gasteiger partial charge in [-0.3, -0.25) is 4.98 Å². The van der Waals surface area contributed by atoms with E-state index in [1.807, 2.05) is 24.8 Å². The van der Waals surface area contributed by atoms with E-state index >= 15 is 0 Å². The Morgan fingerprint density at radius 2 is 1.90 bits per heavy atom. The lowest BCUT2D eigenvalue weighted by Gasteiger charge is -2.14. The first kappa shape index (κ1) is 14.9. The summed E-state index contributed by atoms with van der Waals surface area (Å²) < 4.78 is 5.46. The first-order chi connectivity index (χ1) is 9.74. The molecule has 0 fully saturated rings. The number of hydrogen-bond acceptors (Lipinski definition) is 4. The van der Waals surface area contributed by atoms with E-state index in [-0.39, 0.29) is 6.04 Å². The number of nitrogens with zero attached hydrogens (tertiary/aromatic N) is 1. The zero-order valence-corrected chi connectivity index (χ0v) is 12.7. The predicted molar refractivity (Wildman–Crippen MR) is 84.3 cm³/mol. The molecule has 3 nitrogen and oxygen atoms in total. The molecule has 2 N–H and O–H groups in total. The number of pyridine rings is 1. The van der Waals surface area contributed by atoms with Gasteiger partial charge in [-0.25, -0.2) is 0 Å². The largest absolute Gasteiger partial charge is 0.492 e. The van der Waals surface area contributed by atoms with Crippen LogP contribution in [-0.4, -0.2) is 17.3 Å². The number of nitrogens with two attached hydrogens (primary N) is 1. The van der Waals surface area contributed by atoms with Crippen molar-refractivity contribution in [3.05, 3.63) is 53.9 Å². The summed E-state index contributed by atoms with van der Waals surface area (Å²) >= 11 is 1.83. The van der Waals surface area contributed by atoms with Crippen LogP contribution in [0.1, 0.15) is 31.0 Å². The lowest BCUT2D eigenvalue weighted by atomic mass is 10.0. The van der Waals surface area contributed by atoms with Gasteiger partial charge in [0.15, 0.2) is 0 Å². The highest BCUT2D eigenvalue weighted by Gasteiger charge is 2.10. The summed E-state index contributed by atoms with van der Waals surface area (Å²) in [7, 11) is 0. The van der Waals surface area contributed by atoms with Crippen LogP contribution >= 0.6 is 11.8 Å². The fourth-order valence-corrected chi connectivity index (χ4v) is 2.64. The molecular formula is C16H20N2OS. The summed E-state index contributed by atoms with van der Waals surface area (Å²) in [6.45, 7) is 4.73. The molecule has 0 bridgehead atoms. The van der Waals surface area contributed by atoms with Crippen molar-refractivity contribution >= 4 is 11.8 Å². The van der Waals surface area contributed by atoms with Crippen LogP contribution < -0.4 is 10.5 Å². The smallest absolute Gasteiger partial charge is 0.137 e. The van der Waals surface area contributed by atoms with Crippen molar-refractivity contribution < 1.29 is 4.74 Å². The lowest BCUT2D eigenvalue weighted by molar-refractivity contribution is 0.338. The fourth-order valence-electron chi connectivity index (χ4n) is 1.98. The van der Waals surface area contributed by atoms with E-state index in [0.29, 0.717) is 6.61 Å². The Balaban J connectivity index is 2.17. The zero-order valence-electron chi connectivity index (χ0n) is 11.9. The number of aromatic nitrogens is 1. The molecule has 0 aliphatic rings. The topological polar surface area (TPSA) is 48.1 Å². The second-order valence-corrected chi connectivity index (χ2v) is 5.70. The van der Waals surface area contributed by atoms with Gasteiger partial charge in [0.05, 0.1) is 18.8 Å². The van der Waals surface area contributed by atoms with Crippen LogP contribution in [0, 0.1) is 0 Å². The van der Waals surface area contributed by atoms with Gasteiger partial charge in [-0.05, 0) is 42.0 Å². The lowest BCUT2D eigenvalue weighted by Crippen LogP contribution is -2.12. The molecule has 0 radical (unpaired) electrons. The monoisotopic (exact) mass is 288 g/mol. The Kier molecular flexibility index (Phi) is 5.44. The van der Waals surface area contributed by atoms with Crippen LogP contribution in [0.25, 0.3) is 0 Å². The molecule has 1 atom stereocenters. The van der Waals surface area contributed by atoms with E-state index in [9.17, 15) is 0 Å². The van der Waals surface area contributed by atoms with Crippen molar-refractivity contribution in [3.8, 4) is 5.75 Å². The Labute approximate surface area is 124 Å². The standard InChI is InChI=1S/C16H20N2OS/c1-3-19-14-9-13(10-18-11-14)16(17)12-5-7-15(8-6-12)20-4-2/h5-11,16H,3-4,17H2,1-2H3. The maximum absolute atomic E-state index is 6.30. The quantitative estimate of drug-likeness (QED) is 0.824. The molecule has 1 aromatic heterocycles. The minimum Gasteiger partial charge on any atom is -0.492 e. The van der Waals surface area contributed by atoms with Crippen LogP contribution in [0.3, 0.4) is 0 Å². The molecule has 4 heteroatoms. The molecule has 0 spiro atoms. The Bertz CT molecular complexity index is 542. The maximum Gasteiger partial charge on any atom is 0.137 e. The summed E-state index contributed by atoms with van der Waals surface area (Å²) in [4.78, 5) is 5.46. The molecule has 106 valence electrons. The molecule has 1 heterocycles. The van der Waals surface area contributed by atoms with Crippen molar-refractivity contribution in [2.75, 3.05) is 12.4 Å². The van der Waals surface area contributed by atoms with Gasteiger partial charge in [-0.15, -0.1) is 11.8 Å². The average Bonchev–Trinajstić information content (AvgIpc) is 2.48. The Morgan fingerprint density at radius 3 is 2.55 bits per heavy atom. The second kappa shape index (κ2) is 7.31. The Hall–Kier alpha value is -1.52. The van der Waals surface area contributed by atoms with Crippen LogP contribution in [0.5, 0.6) is 5.75 Å². The molecule has 2 rings (SSSR count). The molecule has 0 saturated carbocycles. The van der Waals surface area contributed by atoms with Crippen molar-refractivity contribution in [2.45, 2.75) is 24.8 Å². The number of hydrogen-bond donors (Lipinski definition) is 1. The van der Waals surface area contributed by atoms with E-state index in [4.69, 9.17) is 10.5 Å². The number of benzene rings is 1. The highest BCUT2D eigenvalue weighted by atomic mass is 32.2. The van der Waals surface area contributed by atoms with Crippen molar-refractivity contribution in [2.24, 2.45) is 5.73 Å². The SMILES string of the molecule is CCOc1cncc(C(N)c2ccc(SCC)cc2)c1. The van der Waals surface area contributed by atoms with Crippen molar-refractivity contribution in [3.63, 3.8) is 0 Å². The third-order valence-electron chi connectivity index (χ3n) is 2.95. The minimum atomic E-state index is -0.177. The van der Waals surface area contributed by atoms with E-state index in [2.05, 4.69) is 36.2 Å². The van der Waals surface area contributed by atoms with E-state index in [0.717, 1.165) is 22.6 Å². The molecule has 0 amide bonds. The molecule has 20 heavy (non-hydrogen) atoms. The van der Waals surface area contributed by atoms with Gasteiger partial charge in [-0.1, -0.05) is 19.1 Å². The van der Waals surface area contributed by atoms with Gasteiger partial charge in [0.25, 0.3) is 0 Å². The highest BCUT2D eigenvalue weighted by molar-refractivity contribution is 7.99. The Morgan fingerprint density at radius 1 is 1.15 bits per heavy atom. The molecule has 0 aliphatic heterocycles. The second-order valence-electron chi connectivity index (χ2n) is 4.37. The van der Waals surface area contributed by atoms with Gasteiger partial charge in [-0.2, -0.15) is 0 Å². The normalized spacial score (nSPS) is 12.2. The van der Waals surface area contributed by atoms with Crippen molar-refractivity contribution in [1.82, 2.24) is 4.98 Å². The van der Waals surface area contributed by atoms with Crippen LogP contribution in [0.2, 0.25) is 0 Å². The van der Waals surface area contributed by atoms with Crippen LogP contribution in [0.4, 0.5) is 0 Å². The first-order valence-electron chi connectivity index (χ1n) is 6.80. The first-order valence-corrected chi connectivity index (χ1v) is 7.79. The van der Waals surface area contributed by atoms with Gasteiger partial charge in [0, 0.05) is 11.1 Å². The van der Waals surface area contributed by atoms with Crippen molar-refractivity contribution in [1.29, 1.82) is 0 Å². The maximum atomic E-state index is 6.30. The van der Waals surface area contributed by atoms with Gasteiger partial charge in [0.1, 0.15) is 5.75 Å². The third kappa shape index (κ3) is 3.74. The fraction of sp³-hybridized carbons (Fsp3) is 0.312. The summed E-state index contributed by atoms with van der Waals surface area (Å²) in [5.41, 5.74) is 8.35. The summed E-state index contributed by atoms with van der Waals surface area (Å²) in [5.74, 6) is 1.84. The van der Waals surface area contributed by atoms with Gasteiger partial charge >= 0.3 is 0 Å². The number of ether oxygens (including phenoxy) is 1. The number of rotatable bonds is 6. The van der Waals surface area contributed by atoms with E-state index in [1.165, 1.54) is 4.90 Å². The summed E-state index contributed by atoms with van der Waals surface area (Å²) in [6.07, 6.45) is 3.50. The summed E-state index contributed by atoms with van der Waals surface area (Å²) in [6, 6.07) is 10.2. The van der Waals surface area contributed by atoms with Crippen LogP contribution in [-0.2, 0) is 0 Å². The third-order valence-corrected chi connectivity index (χ3v) is 3.85. The summed E-state index contributed by atoms with van der Waals surface area (Å²) in [5, 5.41) is 0. The van der Waals surface area contributed by atoms with Crippen LogP contribution in [0.15, 0.2) is 47.6 Å². The molecule has 2 aromatic rings. The molecule has 1 unspecified atom stereocenters. The van der Waals surface area contributed by atoms with Gasteiger partial charge in [0.2, 0.25) is 0 Å². The molecule has 0 saturated heterocycles. The average molecular weight is 288 g/mol. The molecule has 0 aliphatic carbocycles. The molecular weight excluding hydrogens is 268 g/mol.